The van der Waals surface area contributed by atoms with E-state index in [4.69, 9.17) is 4.98 Å². The van der Waals surface area contributed by atoms with Gasteiger partial charge in [0.25, 0.3) is 5.56 Å². The number of aryl methyl sites for hydroxylation is 2. The maximum absolute atomic E-state index is 12.9. The molecule has 1 N–H and O–H groups in total. The second-order valence-electron chi connectivity index (χ2n) is 7.93. The molecule has 7 nitrogen and oxygen atoms in total. The smallest absolute Gasteiger partial charge is 0.254 e. The molecule has 0 atom stereocenters. The Bertz CT molecular complexity index is 1210. The molecule has 2 aromatic carbocycles. The molecule has 164 valence electrons. The third-order valence-corrected chi connectivity index (χ3v) is 5.53. The van der Waals surface area contributed by atoms with Crippen molar-refractivity contribution in [1.29, 1.82) is 0 Å². The molecule has 0 aliphatic heterocycles. The van der Waals surface area contributed by atoms with Crippen molar-refractivity contribution in [3.8, 4) is 22.5 Å². The second kappa shape index (κ2) is 10.1. The summed E-state index contributed by atoms with van der Waals surface area (Å²) in [7, 11) is 0. The van der Waals surface area contributed by atoms with Gasteiger partial charge in [-0.25, -0.2) is 10.1 Å². The lowest BCUT2D eigenvalue weighted by Gasteiger charge is -2.14. The molecule has 0 unspecified atom stereocenters. The summed E-state index contributed by atoms with van der Waals surface area (Å²) in [5, 5.41) is 14.3. The normalized spacial score (nSPS) is 11.1. The van der Waals surface area contributed by atoms with Crippen LogP contribution < -0.4 is 5.56 Å². The standard InChI is InChI=1S/C25H28N6O/c1-3-5-11-23-26-20(8-4-2)16-24(32)31(23)17-18-12-14-19(15-13-18)21-9-6-7-10-22(21)25-27-29-30-28-25/h6-7,9-10,12-16H,3-5,8,11,17H2,1-2H3,(H,27,28,29,30). The number of nitrogens with one attached hydrogen (secondary N) is 1. The number of hydrogen-bond acceptors (Lipinski definition) is 5. The first-order valence-electron chi connectivity index (χ1n) is 11.2. The Balaban J connectivity index is 1.62. The summed E-state index contributed by atoms with van der Waals surface area (Å²) in [6.07, 6.45) is 4.73. The molecule has 4 rings (SSSR count). The Labute approximate surface area is 187 Å². The average molecular weight is 429 g/mol. The van der Waals surface area contributed by atoms with Crippen molar-refractivity contribution in [1.82, 2.24) is 30.2 Å². The summed E-state index contributed by atoms with van der Waals surface area (Å²) in [6, 6.07) is 18.0. The number of aromatic amines is 1. The second-order valence-corrected chi connectivity index (χ2v) is 7.93. The zero-order valence-corrected chi connectivity index (χ0v) is 18.6. The first-order valence-corrected chi connectivity index (χ1v) is 11.2. The molecule has 0 radical (unpaired) electrons. The van der Waals surface area contributed by atoms with E-state index in [1.165, 1.54) is 0 Å². The SMILES string of the molecule is CCCCc1nc(CCC)cc(=O)n1Cc1ccc(-c2ccccc2-c2nnn[nH]2)cc1. The molecule has 0 amide bonds. The van der Waals surface area contributed by atoms with Gasteiger partial charge in [0.15, 0.2) is 5.82 Å². The van der Waals surface area contributed by atoms with Crippen LogP contribution in [0.15, 0.2) is 59.4 Å². The van der Waals surface area contributed by atoms with Crippen LogP contribution in [0, 0.1) is 0 Å². The molecule has 0 fully saturated rings. The highest BCUT2D eigenvalue weighted by atomic mass is 16.1. The van der Waals surface area contributed by atoms with Crippen molar-refractivity contribution in [2.45, 2.75) is 52.5 Å². The minimum atomic E-state index is 0.0294. The fourth-order valence-electron chi connectivity index (χ4n) is 3.87. The van der Waals surface area contributed by atoms with E-state index in [9.17, 15) is 4.79 Å². The van der Waals surface area contributed by atoms with Crippen molar-refractivity contribution in [2.75, 3.05) is 0 Å². The maximum Gasteiger partial charge on any atom is 0.254 e. The van der Waals surface area contributed by atoms with Gasteiger partial charge < -0.3 is 0 Å². The third kappa shape index (κ3) is 4.82. The van der Waals surface area contributed by atoms with E-state index < -0.39 is 0 Å². The number of H-pyrrole nitrogens is 1. The van der Waals surface area contributed by atoms with Gasteiger partial charge in [-0.1, -0.05) is 75.2 Å². The maximum atomic E-state index is 12.9. The number of rotatable bonds is 9. The van der Waals surface area contributed by atoms with Gasteiger partial charge in [0.1, 0.15) is 5.82 Å². The minimum absolute atomic E-state index is 0.0294. The van der Waals surface area contributed by atoms with E-state index in [0.29, 0.717) is 12.4 Å². The van der Waals surface area contributed by atoms with Crippen LogP contribution in [0.25, 0.3) is 22.5 Å². The predicted octanol–water partition coefficient (Wildman–Crippen LogP) is 4.43. The molecule has 0 saturated carbocycles. The van der Waals surface area contributed by atoms with Crippen LogP contribution in [0.4, 0.5) is 0 Å². The molecule has 0 spiro atoms. The van der Waals surface area contributed by atoms with Gasteiger partial charge in [0, 0.05) is 23.7 Å². The molecular weight excluding hydrogens is 400 g/mol. The van der Waals surface area contributed by atoms with Crippen molar-refractivity contribution in [3.63, 3.8) is 0 Å². The van der Waals surface area contributed by atoms with Gasteiger partial charge in [0.05, 0.1) is 6.54 Å². The first-order chi connectivity index (χ1) is 15.7. The van der Waals surface area contributed by atoms with Gasteiger partial charge in [-0.05, 0) is 40.0 Å². The molecule has 4 aromatic rings. The highest BCUT2D eigenvalue weighted by Gasteiger charge is 2.12. The fourth-order valence-corrected chi connectivity index (χ4v) is 3.87. The fraction of sp³-hybridized carbons (Fsp3) is 0.320. The van der Waals surface area contributed by atoms with Crippen LogP contribution in [-0.2, 0) is 19.4 Å². The predicted molar refractivity (Wildman–Crippen MR) is 125 cm³/mol. The largest absolute Gasteiger partial charge is 0.292 e. The van der Waals surface area contributed by atoms with Gasteiger partial charge in [0.2, 0.25) is 0 Å². The summed E-state index contributed by atoms with van der Waals surface area (Å²) < 4.78 is 1.82. The van der Waals surface area contributed by atoms with Crippen LogP contribution in [-0.4, -0.2) is 30.2 Å². The molecule has 32 heavy (non-hydrogen) atoms. The van der Waals surface area contributed by atoms with Crippen molar-refractivity contribution in [3.05, 3.63) is 82.0 Å². The van der Waals surface area contributed by atoms with E-state index in [2.05, 4.69) is 64.8 Å². The molecule has 2 heterocycles. The molecule has 0 aliphatic carbocycles. The van der Waals surface area contributed by atoms with Crippen molar-refractivity contribution in [2.24, 2.45) is 0 Å². The van der Waals surface area contributed by atoms with Crippen molar-refractivity contribution < 1.29 is 0 Å². The summed E-state index contributed by atoms with van der Waals surface area (Å²) in [5.74, 6) is 1.52. The monoisotopic (exact) mass is 428 g/mol. The average Bonchev–Trinajstić information content (AvgIpc) is 3.35. The Hall–Kier alpha value is -3.61. The van der Waals surface area contributed by atoms with E-state index >= 15 is 0 Å². The van der Waals surface area contributed by atoms with Crippen LogP contribution in [0.1, 0.15) is 50.2 Å². The van der Waals surface area contributed by atoms with Gasteiger partial charge >= 0.3 is 0 Å². The topological polar surface area (TPSA) is 89.3 Å². The summed E-state index contributed by atoms with van der Waals surface area (Å²) in [4.78, 5) is 17.7. The molecular formula is C25H28N6O. The third-order valence-electron chi connectivity index (χ3n) is 5.53. The van der Waals surface area contributed by atoms with Crippen molar-refractivity contribution >= 4 is 0 Å². The molecule has 2 aromatic heterocycles. The molecule has 0 aliphatic rings. The molecule has 0 bridgehead atoms. The Morgan fingerprint density at radius 3 is 2.41 bits per heavy atom. The van der Waals surface area contributed by atoms with Crippen LogP contribution in [0.5, 0.6) is 0 Å². The lowest BCUT2D eigenvalue weighted by atomic mass is 9.98. The lowest BCUT2D eigenvalue weighted by Crippen LogP contribution is -2.26. The number of aromatic nitrogens is 6. The first kappa shape index (κ1) is 21.6. The zero-order valence-electron chi connectivity index (χ0n) is 18.6. The van der Waals surface area contributed by atoms with Gasteiger partial charge in [-0.2, -0.15) is 0 Å². The molecule has 0 saturated heterocycles. The van der Waals surface area contributed by atoms with E-state index in [1.807, 2.05) is 22.8 Å². The van der Waals surface area contributed by atoms with Gasteiger partial charge in [-0.15, -0.1) is 5.10 Å². The summed E-state index contributed by atoms with van der Waals surface area (Å²) in [6.45, 7) is 4.78. The molecule has 7 heteroatoms. The Morgan fingerprint density at radius 1 is 0.938 bits per heavy atom. The zero-order chi connectivity index (χ0) is 22.3. The summed E-state index contributed by atoms with van der Waals surface area (Å²) >= 11 is 0. The highest BCUT2D eigenvalue weighted by Crippen LogP contribution is 2.29. The van der Waals surface area contributed by atoms with Crippen LogP contribution in [0.2, 0.25) is 0 Å². The number of unbranched alkanes of at least 4 members (excludes halogenated alkanes) is 1. The Kier molecular flexibility index (Phi) is 6.84. The minimum Gasteiger partial charge on any atom is -0.292 e. The van der Waals surface area contributed by atoms with Gasteiger partial charge in [-0.3, -0.25) is 9.36 Å². The van der Waals surface area contributed by atoms with Crippen LogP contribution in [0.3, 0.4) is 0 Å². The number of benzene rings is 2. The highest BCUT2D eigenvalue weighted by molar-refractivity contribution is 5.80. The quantitative estimate of drug-likeness (QED) is 0.426. The number of nitrogens with zero attached hydrogens (tertiary/aromatic N) is 5. The van der Waals surface area contributed by atoms with E-state index in [1.54, 1.807) is 6.07 Å². The van der Waals surface area contributed by atoms with E-state index in [0.717, 1.165) is 65.9 Å². The Morgan fingerprint density at radius 2 is 1.72 bits per heavy atom. The van der Waals surface area contributed by atoms with Crippen LogP contribution >= 0.6 is 0 Å². The lowest BCUT2D eigenvalue weighted by molar-refractivity contribution is 0.626. The summed E-state index contributed by atoms with van der Waals surface area (Å²) in [5.41, 5.74) is 5.05. The number of hydrogen-bond donors (Lipinski definition) is 1. The van der Waals surface area contributed by atoms with E-state index in [-0.39, 0.29) is 5.56 Å². The number of tetrazole rings is 1.